The lowest BCUT2D eigenvalue weighted by Crippen LogP contribution is -2.16. The third-order valence-electron chi connectivity index (χ3n) is 2.46. The van der Waals surface area contributed by atoms with Crippen LogP contribution in [0.3, 0.4) is 0 Å². The van der Waals surface area contributed by atoms with Gasteiger partial charge in [-0.3, -0.25) is 0 Å². The smallest absolute Gasteiger partial charge is 0.365 e. The van der Waals surface area contributed by atoms with Crippen molar-refractivity contribution in [3.63, 3.8) is 0 Å². The van der Waals surface area contributed by atoms with E-state index in [4.69, 9.17) is 0 Å². The number of hydrogen-bond donors (Lipinski definition) is 0. The van der Waals surface area contributed by atoms with Crippen LogP contribution in [0.5, 0.6) is 0 Å². The molecule has 0 amide bonds. The SMILES string of the molecule is Cc1sc(COCC(F)(F)F)nc1-c1ccccc1Br. The number of nitrogens with zero attached hydrogens (tertiary/aromatic N) is 1. The first-order valence-electron chi connectivity index (χ1n) is 5.72. The summed E-state index contributed by atoms with van der Waals surface area (Å²) in [6.07, 6.45) is -4.31. The van der Waals surface area contributed by atoms with E-state index in [1.165, 1.54) is 11.3 Å². The Morgan fingerprint density at radius 3 is 2.65 bits per heavy atom. The van der Waals surface area contributed by atoms with Gasteiger partial charge in [-0.05, 0) is 13.0 Å². The van der Waals surface area contributed by atoms with E-state index in [9.17, 15) is 13.2 Å². The number of ether oxygens (including phenoxy) is 1. The second kappa shape index (κ2) is 6.24. The number of aromatic nitrogens is 1. The molecule has 20 heavy (non-hydrogen) atoms. The minimum absolute atomic E-state index is 0.129. The van der Waals surface area contributed by atoms with Crippen LogP contribution in [-0.2, 0) is 11.3 Å². The Hall–Kier alpha value is -0.920. The molecule has 2 aromatic rings. The molecule has 2 rings (SSSR count). The van der Waals surface area contributed by atoms with E-state index in [0.29, 0.717) is 5.01 Å². The molecule has 0 saturated heterocycles. The number of rotatable bonds is 4. The lowest BCUT2D eigenvalue weighted by Gasteiger charge is -2.05. The van der Waals surface area contributed by atoms with Crippen molar-refractivity contribution < 1.29 is 17.9 Å². The molecule has 0 aliphatic carbocycles. The molecule has 2 nitrogen and oxygen atoms in total. The van der Waals surface area contributed by atoms with Gasteiger partial charge < -0.3 is 4.74 Å². The molecule has 1 aromatic heterocycles. The van der Waals surface area contributed by atoms with Crippen LogP contribution in [0.25, 0.3) is 11.3 Å². The fourth-order valence-electron chi connectivity index (χ4n) is 1.67. The molecule has 0 saturated carbocycles. The molecule has 0 radical (unpaired) electrons. The number of hydrogen-bond acceptors (Lipinski definition) is 3. The monoisotopic (exact) mass is 365 g/mol. The summed E-state index contributed by atoms with van der Waals surface area (Å²) in [6.45, 7) is 0.505. The summed E-state index contributed by atoms with van der Waals surface area (Å²) in [5.41, 5.74) is 1.69. The van der Waals surface area contributed by atoms with Crippen molar-refractivity contribution in [2.24, 2.45) is 0 Å². The van der Waals surface area contributed by atoms with Crippen LogP contribution < -0.4 is 0 Å². The van der Waals surface area contributed by atoms with Crippen LogP contribution in [0.15, 0.2) is 28.7 Å². The maximum atomic E-state index is 12.0. The van der Waals surface area contributed by atoms with E-state index in [1.54, 1.807) is 0 Å². The summed E-state index contributed by atoms with van der Waals surface area (Å²) in [5, 5.41) is 0.539. The predicted molar refractivity (Wildman–Crippen MR) is 75.7 cm³/mol. The number of aryl methyl sites for hydroxylation is 1. The standard InChI is InChI=1S/C13H11BrF3NOS/c1-8-12(9-4-2-3-5-10(9)14)18-11(20-8)6-19-7-13(15,16)17/h2-5H,6-7H2,1H3. The van der Waals surface area contributed by atoms with Crippen LogP contribution in [0.2, 0.25) is 0 Å². The van der Waals surface area contributed by atoms with Crippen molar-refractivity contribution in [3.05, 3.63) is 38.6 Å². The highest BCUT2D eigenvalue weighted by atomic mass is 79.9. The van der Waals surface area contributed by atoms with Gasteiger partial charge in [-0.2, -0.15) is 13.2 Å². The Morgan fingerprint density at radius 1 is 1.30 bits per heavy atom. The predicted octanol–water partition coefficient (Wildman–Crippen LogP) is 4.96. The molecular formula is C13H11BrF3NOS. The zero-order valence-electron chi connectivity index (χ0n) is 10.5. The first-order chi connectivity index (χ1) is 9.37. The van der Waals surface area contributed by atoms with Crippen LogP contribution >= 0.6 is 27.3 Å². The fourth-order valence-corrected chi connectivity index (χ4v) is 3.03. The van der Waals surface area contributed by atoms with Crippen molar-refractivity contribution in [1.29, 1.82) is 0 Å². The van der Waals surface area contributed by atoms with Gasteiger partial charge in [0.15, 0.2) is 0 Å². The normalized spacial score (nSPS) is 11.8. The second-order valence-corrected chi connectivity index (χ2v) is 6.24. The number of thiazole rings is 1. The molecule has 0 unspecified atom stereocenters. The highest BCUT2D eigenvalue weighted by Crippen LogP contribution is 2.32. The van der Waals surface area contributed by atoms with Crippen molar-refractivity contribution in [3.8, 4) is 11.3 Å². The van der Waals surface area contributed by atoms with E-state index in [-0.39, 0.29) is 6.61 Å². The minimum Gasteiger partial charge on any atom is -0.365 e. The van der Waals surface area contributed by atoms with Crippen LogP contribution in [0.1, 0.15) is 9.88 Å². The van der Waals surface area contributed by atoms with Crippen molar-refractivity contribution in [2.75, 3.05) is 6.61 Å². The zero-order valence-corrected chi connectivity index (χ0v) is 12.9. The first kappa shape index (κ1) is 15.5. The Morgan fingerprint density at radius 2 is 2.00 bits per heavy atom. The highest BCUT2D eigenvalue weighted by Gasteiger charge is 2.27. The Kier molecular flexibility index (Phi) is 4.82. The number of benzene rings is 1. The van der Waals surface area contributed by atoms with Gasteiger partial charge in [-0.15, -0.1) is 11.3 Å². The third kappa shape index (κ3) is 4.04. The molecule has 0 spiro atoms. The molecule has 0 N–H and O–H groups in total. The highest BCUT2D eigenvalue weighted by molar-refractivity contribution is 9.10. The van der Waals surface area contributed by atoms with E-state index in [0.717, 1.165) is 20.6 Å². The Labute approximate surface area is 126 Å². The van der Waals surface area contributed by atoms with E-state index >= 15 is 0 Å². The summed E-state index contributed by atoms with van der Waals surface area (Å²) in [4.78, 5) is 5.30. The third-order valence-corrected chi connectivity index (χ3v) is 4.10. The van der Waals surface area contributed by atoms with Gasteiger partial charge in [0.05, 0.1) is 12.3 Å². The average molecular weight is 366 g/mol. The Bertz CT molecular complexity index is 598. The molecular weight excluding hydrogens is 355 g/mol. The van der Waals surface area contributed by atoms with Crippen molar-refractivity contribution >= 4 is 27.3 Å². The largest absolute Gasteiger partial charge is 0.411 e. The van der Waals surface area contributed by atoms with Gasteiger partial charge in [-0.25, -0.2) is 4.98 Å². The topological polar surface area (TPSA) is 22.1 Å². The molecule has 0 aliphatic heterocycles. The van der Waals surface area contributed by atoms with Gasteiger partial charge in [0.25, 0.3) is 0 Å². The maximum absolute atomic E-state index is 12.0. The van der Waals surface area contributed by atoms with Crippen molar-refractivity contribution in [1.82, 2.24) is 4.98 Å². The lowest BCUT2D eigenvalue weighted by molar-refractivity contribution is -0.176. The zero-order chi connectivity index (χ0) is 14.8. The van der Waals surface area contributed by atoms with E-state index in [1.807, 2.05) is 31.2 Å². The second-order valence-electron chi connectivity index (χ2n) is 4.10. The lowest BCUT2D eigenvalue weighted by atomic mass is 10.1. The van der Waals surface area contributed by atoms with E-state index < -0.39 is 12.8 Å². The first-order valence-corrected chi connectivity index (χ1v) is 7.33. The Balaban J connectivity index is 2.12. The summed E-state index contributed by atoms with van der Waals surface area (Å²) in [5.74, 6) is 0. The van der Waals surface area contributed by atoms with Gasteiger partial charge in [0, 0.05) is 14.9 Å². The molecule has 0 aliphatic rings. The van der Waals surface area contributed by atoms with Gasteiger partial charge in [0.1, 0.15) is 11.6 Å². The molecule has 108 valence electrons. The van der Waals surface area contributed by atoms with Gasteiger partial charge in [-0.1, -0.05) is 34.1 Å². The average Bonchev–Trinajstić information content (AvgIpc) is 2.69. The number of alkyl halides is 3. The fraction of sp³-hybridized carbons (Fsp3) is 0.308. The van der Waals surface area contributed by atoms with Crippen LogP contribution in [0.4, 0.5) is 13.2 Å². The maximum Gasteiger partial charge on any atom is 0.411 e. The quantitative estimate of drug-likeness (QED) is 0.763. The van der Waals surface area contributed by atoms with Crippen molar-refractivity contribution in [2.45, 2.75) is 19.7 Å². The molecule has 1 heterocycles. The van der Waals surface area contributed by atoms with E-state index in [2.05, 4.69) is 25.7 Å². The summed E-state index contributed by atoms with van der Waals surface area (Å²) in [6, 6.07) is 7.59. The van der Waals surface area contributed by atoms with Gasteiger partial charge >= 0.3 is 6.18 Å². The van der Waals surface area contributed by atoms with Crippen LogP contribution in [-0.4, -0.2) is 17.8 Å². The molecule has 0 fully saturated rings. The molecule has 7 heteroatoms. The molecule has 0 bridgehead atoms. The van der Waals surface area contributed by atoms with Gasteiger partial charge in [0.2, 0.25) is 0 Å². The van der Waals surface area contributed by atoms with Crippen LogP contribution in [0, 0.1) is 6.92 Å². The molecule has 0 atom stereocenters. The summed E-state index contributed by atoms with van der Waals surface area (Å²) < 4.78 is 41.6. The summed E-state index contributed by atoms with van der Waals surface area (Å²) in [7, 11) is 0. The number of halogens is 4. The summed E-state index contributed by atoms with van der Waals surface area (Å²) >= 11 is 4.78. The molecule has 1 aromatic carbocycles. The minimum atomic E-state index is -4.31.